The van der Waals surface area contributed by atoms with Gasteiger partial charge in [-0.1, -0.05) is 0 Å². The van der Waals surface area contributed by atoms with Gasteiger partial charge in [0.15, 0.2) is 5.82 Å². The Morgan fingerprint density at radius 2 is 2.14 bits per heavy atom. The van der Waals surface area contributed by atoms with Crippen molar-refractivity contribution >= 4 is 11.7 Å². The highest BCUT2D eigenvalue weighted by atomic mass is 16.5. The van der Waals surface area contributed by atoms with Gasteiger partial charge in [-0.15, -0.1) is 0 Å². The van der Waals surface area contributed by atoms with E-state index in [1.165, 1.54) is 6.20 Å². The zero-order chi connectivity index (χ0) is 14.8. The second kappa shape index (κ2) is 5.16. The van der Waals surface area contributed by atoms with Crippen LogP contribution in [0.15, 0.2) is 35.5 Å². The molecule has 106 valence electrons. The number of nitrogens with zero attached hydrogens (tertiary/aromatic N) is 4. The Morgan fingerprint density at radius 3 is 2.86 bits per heavy atom. The van der Waals surface area contributed by atoms with Crippen LogP contribution in [0, 0.1) is 0 Å². The van der Waals surface area contributed by atoms with Crippen molar-refractivity contribution in [3.63, 3.8) is 0 Å². The van der Waals surface area contributed by atoms with Crippen molar-refractivity contribution in [3.8, 4) is 11.4 Å². The smallest absolute Gasteiger partial charge is 0.345 e. The molecule has 1 N–H and O–H groups in total. The molecule has 0 amide bonds. The average Bonchev–Trinajstić information content (AvgIpc) is 2.94. The number of esters is 1. The molecule has 0 aromatic carbocycles. The Morgan fingerprint density at radius 1 is 1.38 bits per heavy atom. The molecule has 3 aromatic heterocycles. The Balaban J connectivity index is 2.13. The van der Waals surface area contributed by atoms with Crippen molar-refractivity contribution in [2.45, 2.75) is 6.92 Å². The van der Waals surface area contributed by atoms with Crippen LogP contribution < -0.4 is 5.56 Å². The van der Waals surface area contributed by atoms with Gasteiger partial charge in [-0.2, -0.15) is 9.50 Å². The van der Waals surface area contributed by atoms with Crippen LogP contribution in [-0.4, -0.2) is 37.1 Å². The molecule has 0 bridgehead atoms. The summed E-state index contributed by atoms with van der Waals surface area (Å²) in [5, 5.41) is 2.81. The summed E-state index contributed by atoms with van der Waals surface area (Å²) in [7, 11) is 0. The number of rotatable bonds is 3. The lowest BCUT2D eigenvalue weighted by Crippen LogP contribution is -2.24. The van der Waals surface area contributed by atoms with Crippen LogP contribution in [0.3, 0.4) is 0 Å². The van der Waals surface area contributed by atoms with Crippen LogP contribution in [0.5, 0.6) is 0 Å². The molecule has 0 fully saturated rings. The molecule has 0 radical (unpaired) electrons. The molecular formula is C13H11N5O3. The van der Waals surface area contributed by atoms with Gasteiger partial charge in [-0.05, 0) is 19.1 Å². The van der Waals surface area contributed by atoms with E-state index < -0.39 is 11.5 Å². The molecular weight excluding hydrogens is 274 g/mol. The van der Waals surface area contributed by atoms with E-state index in [0.29, 0.717) is 5.82 Å². The van der Waals surface area contributed by atoms with Crippen LogP contribution in [-0.2, 0) is 4.74 Å². The van der Waals surface area contributed by atoms with E-state index in [9.17, 15) is 9.59 Å². The Bertz CT molecular complexity index is 853. The topological polar surface area (TPSA) is 102 Å². The number of hydrogen-bond acceptors (Lipinski definition) is 6. The van der Waals surface area contributed by atoms with Gasteiger partial charge >= 0.3 is 5.97 Å². The lowest BCUT2D eigenvalue weighted by molar-refractivity contribution is 0.0523. The molecule has 21 heavy (non-hydrogen) atoms. The predicted octanol–water partition coefficient (Wildman–Crippen LogP) is 0.656. The summed E-state index contributed by atoms with van der Waals surface area (Å²) in [5.41, 5.74) is 0.0677. The molecule has 0 spiro atoms. The molecule has 3 aromatic rings. The van der Waals surface area contributed by atoms with Crippen molar-refractivity contribution in [3.05, 3.63) is 46.6 Å². The molecule has 3 rings (SSSR count). The number of aromatic nitrogens is 5. The van der Waals surface area contributed by atoms with Crippen molar-refractivity contribution in [1.82, 2.24) is 24.6 Å². The molecule has 0 aliphatic heterocycles. The van der Waals surface area contributed by atoms with Crippen LogP contribution in [0.25, 0.3) is 17.2 Å². The van der Waals surface area contributed by atoms with Gasteiger partial charge in [0.2, 0.25) is 0 Å². The number of nitrogens with one attached hydrogen (secondary N) is 1. The van der Waals surface area contributed by atoms with E-state index in [4.69, 9.17) is 4.74 Å². The fourth-order valence-corrected chi connectivity index (χ4v) is 1.84. The van der Waals surface area contributed by atoms with E-state index in [0.717, 1.165) is 10.1 Å². The molecule has 0 saturated heterocycles. The molecule has 0 saturated carbocycles. The molecule has 0 aliphatic rings. The first-order chi connectivity index (χ1) is 10.2. The number of hydrogen-bond donors (Lipinski definition) is 1. The van der Waals surface area contributed by atoms with E-state index in [1.807, 2.05) is 0 Å². The molecule has 0 unspecified atom stereocenters. The quantitative estimate of drug-likeness (QED) is 0.709. The fourth-order valence-electron chi connectivity index (χ4n) is 1.84. The van der Waals surface area contributed by atoms with Gasteiger partial charge in [-0.3, -0.25) is 14.9 Å². The Labute approximate surface area is 118 Å². The van der Waals surface area contributed by atoms with Gasteiger partial charge in [0.1, 0.15) is 5.56 Å². The average molecular weight is 285 g/mol. The van der Waals surface area contributed by atoms with Crippen molar-refractivity contribution in [2.75, 3.05) is 6.61 Å². The predicted molar refractivity (Wildman–Crippen MR) is 72.8 cm³/mol. The third-order valence-corrected chi connectivity index (χ3v) is 2.82. The van der Waals surface area contributed by atoms with E-state index in [-0.39, 0.29) is 17.9 Å². The fraction of sp³-hybridized carbons (Fsp3) is 0.154. The molecule has 8 heteroatoms. The first-order valence-electron chi connectivity index (χ1n) is 6.26. The number of pyridine rings is 1. The molecule has 3 heterocycles. The van der Waals surface area contributed by atoms with Gasteiger partial charge in [0.05, 0.1) is 12.8 Å². The maximum Gasteiger partial charge on any atom is 0.345 e. The summed E-state index contributed by atoms with van der Waals surface area (Å²) in [6, 6.07) is 3.49. The van der Waals surface area contributed by atoms with E-state index in [1.54, 1.807) is 31.5 Å². The number of carbonyl (C=O) groups is 1. The molecule has 8 nitrogen and oxygen atoms in total. The lowest BCUT2D eigenvalue weighted by atomic mass is 10.3. The number of ether oxygens (including phenoxy) is 1. The van der Waals surface area contributed by atoms with Gasteiger partial charge in [-0.25, -0.2) is 9.78 Å². The zero-order valence-electron chi connectivity index (χ0n) is 11.1. The standard InChI is InChI=1S/C13H11N5O3/c1-2-21-12(20)9-7-15-13-16-10(17-18(13)11(9)19)8-3-5-14-6-4-8/h3-7H,2H2,1H3,(H,15,16,17). The second-order valence-electron chi connectivity index (χ2n) is 4.14. The Kier molecular flexibility index (Phi) is 3.19. The van der Waals surface area contributed by atoms with Crippen LogP contribution in [0.1, 0.15) is 17.3 Å². The molecule has 0 atom stereocenters. The van der Waals surface area contributed by atoms with Crippen LogP contribution >= 0.6 is 0 Å². The van der Waals surface area contributed by atoms with Crippen LogP contribution in [0.2, 0.25) is 0 Å². The summed E-state index contributed by atoms with van der Waals surface area (Å²) in [6.45, 7) is 1.85. The summed E-state index contributed by atoms with van der Waals surface area (Å²) in [4.78, 5) is 36.0. The first-order valence-corrected chi connectivity index (χ1v) is 6.26. The first kappa shape index (κ1) is 13.0. The summed E-state index contributed by atoms with van der Waals surface area (Å²) in [6.07, 6.45) is 4.40. The largest absolute Gasteiger partial charge is 0.462 e. The van der Waals surface area contributed by atoms with Crippen molar-refractivity contribution in [1.29, 1.82) is 0 Å². The highest BCUT2D eigenvalue weighted by Gasteiger charge is 2.16. The van der Waals surface area contributed by atoms with Crippen LogP contribution in [0.4, 0.5) is 0 Å². The maximum absolute atomic E-state index is 12.2. The minimum Gasteiger partial charge on any atom is -0.462 e. The summed E-state index contributed by atoms with van der Waals surface area (Å²) >= 11 is 0. The van der Waals surface area contributed by atoms with Gasteiger partial charge in [0, 0.05) is 18.0 Å². The number of H-pyrrole nitrogens is 1. The minimum absolute atomic E-state index is 0.140. The van der Waals surface area contributed by atoms with Gasteiger partial charge in [0.25, 0.3) is 11.3 Å². The summed E-state index contributed by atoms with van der Waals surface area (Å²) in [5.74, 6) is -0.0627. The number of aromatic amines is 1. The second-order valence-corrected chi connectivity index (χ2v) is 4.14. The lowest BCUT2D eigenvalue weighted by Gasteiger charge is -1.99. The molecule has 0 aliphatic carbocycles. The van der Waals surface area contributed by atoms with Crippen molar-refractivity contribution < 1.29 is 9.53 Å². The third kappa shape index (κ3) is 2.27. The highest BCUT2D eigenvalue weighted by Crippen LogP contribution is 2.13. The maximum atomic E-state index is 12.2. The normalized spacial score (nSPS) is 10.7. The SMILES string of the molecule is CCOC(=O)c1cnc2nc(-c3ccncc3)[nH]n2c1=O. The number of carbonyl (C=O) groups excluding carboxylic acids is 1. The monoisotopic (exact) mass is 285 g/mol. The van der Waals surface area contributed by atoms with Gasteiger partial charge < -0.3 is 4.74 Å². The third-order valence-electron chi connectivity index (χ3n) is 2.82. The minimum atomic E-state index is -0.704. The van der Waals surface area contributed by atoms with E-state index >= 15 is 0 Å². The zero-order valence-corrected chi connectivity index (χ0v) is 11.1. The van der Waals surface area contributed by atoms with E-state index in [2.05, 4.69) is 20.1 Å². The summed E-state index contributed by atoms with van der Waals surface area (Å²) < 4.78 is 5.93. The van der Waals surface area contributed by atoms with Crippen molar-refractivity contribution in [2.24, 2.45) is 0 Å². The Hall–Kier alpha value is -3.03. The highest BCUT2D eigenvalue weighted by molar-refractivity contribution is 5.88. The number of fused-ring (bicyclic) bond motifs is 1.